The van der Waals surface area contributed by atoms with Crippen LogP contribution in [0, 0.1) is 0 Å². The molecule has 0 aliphatic carbocycles. The van der Waals surface area contributed by atoms with Gasteiger partial charge in [0.1, 0.15) is 33.8 Å². The van der Waals surface area contributed by atoms with Crippen molar-refractivity contribution in [2.75, 3.05) is 0 Å². The Morgan fingerprint density at radius 1 is 0.625 bits per heavy atom. The Kier molecular flexibility index (Phi) is 7.55. The second-order valence-corrected chi connectivity index (χ2v) is 3.81. The van der Waals surface area contributed by atoms with Crippen molar-refractivity contribution in [3.8, 4) is 0 Å². The van der Waals surface area contributed by atoms with E-state index in [9.17, 15) is 9.59 Å². The van der Waals surface area contributed by atoms with Gasteiger partial charge < -0.3 is 8.58 Å². The van der Waals surface area contributed by atoms with Crippen LogP contribution in [-0.4, -0.2) is 11.9 Å². The molecule has 0 unspecified atom stereocenters. The van der Waals surface area contributed by atoms with E-state index in [0.717, 1.165) is 0 Å². The van der Waals surface area contributed by atoms with Gasteiger partial charge in [0, 0.05) is 0 Å². The van der Waals surface area contributed by atoms with Crippen molar-refractivity contribution in [1.29, 1.82) is 0 Å². The molecule has 90 valence electrons. The topological polar surface area (TPSA) is 52.6 Å². The van der Waals surface area contributed by atoms with Gasteiger partial charge in [0.25, 0.3) is 0 Å². The van der Waals surface area contributed by atoms with Crippen LogP contribution in [-0.2, 0) is 18.2 Å². The van der Waals surface area contributed by atoms with Gasteiger partial charge in [-0.2, -0.15) is 0 Å². The van der Waals surface area contributed by atoms with Crippen molar-refractivity contribution in [2.45, 2.75) is 0 Å². The van der Waals surface area contributed by atoms with E-state index < -0.39 is 32.1 Å². The van der Waals surface area contributed by atoms with Gasteiger partial charge in [-0.25, -0.2) is 9.59 Å². The number of allylic oxidation sites excluding steroid dienone is 2. The van der Waals surface area contributed by atoms with Gasteiger partial charge in [-0.3, -0.25) is 0 Å². The van der Waals surface area contributed by atoms with Crippen LogP contribution < -0.4 is 0 Å². The third-order valence-electron chi connectivity index (χ3n) is 1.08. The maximum absolute atomic E-state index is 10.8. The number of hydrogen-bond donors (Lipinski definition) is 0. The first-order valence-corrected chi connectivity index (χ1v) is 5.26. The first-order chi connectivity index (χ1) is 7.36. The molecule has 0 atom stereocenters. The van der Waals surface area contributed by atoms with Crippen LogP contribution >= 0.6 is 70.1 Å². The lowest BCUT2D eigenvalue weighted by Crippen LogP contribution is -2.02. The minimum Gasteiger partial charge on any atom is -0.342 e. The third-order valence-corrected chi connectivity index (χ3v) is 3.09. The molecule has 0 N–H and O–H groups in total. The summed E-state index contributed by atoms with van der Waals surface area (Å²) in [5, 5.41) is -2.41. The average molecular weight is 349 g/mol. The van der Waals surface area contributed by atoms with Crippen molar-refractivity contribution >= 4 is 82.1 Å². The molecule has 0 amide bonds. The number of carbonyl (C=O) groups excluding carboxylic acids is 2. The van der Waals surface area contributed by atoms with Gasteiger partial charge in [-0.1, -0.05) is 46.4 Å². The lowest BCUT2D eigenvalue weighted by Gasteiger charge is -2.01. The van der Waals surface area contributed by atoms with Crippen LogP contribution in [0.2, 0.25) is 0 Å². The van der Waals surface area contributed by atoms with Crippen molar-refractivity contribution in [1.82, 2.24) is 0 Å². The Bertz CT molecular complexity index is 337. The number of halogens is 6. The zero-order valence-electron chi connectivity index (χ0n) is 6.90. The predicted molar refractivity (Wildman–Crippen MR) is 61.4 cm³/mol. The van der Waals surface area contributed by atoms with Crippen molar-refractivity contribution < 1.29 is 18.2 Å². The quantitative estimate of drug-likeness (QED) is 0.575. The van der Waals surface area contributed by atoms with Crippen LogP contribution in [0.5, 0.6) is 0 Å². The normalized spacial score (nSPS) is 13.6. The van der Waals surface area contributed by atoms with Crippen molar-refractivity contribution in [2.24, 2.45) is 0 Å². The summed E-state index contributed by atoms with van der Waals surface area (Å²) >= 11 is 31.3. The molecule has 10 heteroatoms. The SMILES string of the molecule is O=C(OCl)/C(Cl)=C(Cl)\C(Cl)=C(/Cl)C(=O)OCl. The van der Waals surface area contributed by atoms with Gasteiger partial charge in [0.15, 0.2) is 0 Å². The zero-order chi connectivity index (χ0) is 12.9. The third kappa shape index (κ3) is 4.20. The monoisotopic (exact) mass is 346 g/mol. The number of rotatable bonds is 3. The summed E-state index contributed by atoms with van der Waals surface area (Å²) in [6, 6.07) is 0. The molecule has 0 fully saturated rings. The summed E-state index contributed by atoms with van der Waals surface area (Å²) in [5.74, 6) is -2.34. The highest BCUT2D eigenvalue weighted by Gasteiger charge is 2.21. The minimum atomic E-state index is -1.17. The van der Waals surface area contributed by atoms with Crippen molar-refractivity contribution in [3.05, 3.63) is 20.1 Å². The molecule has 0 bridgehead atoms. The number of hydrogen-bond acceptors (Lipinski definition) is 4. The summed E-state index contributed by atoms with van der Waals surface area (Å²) in [6.45, 7) is 0. The first kappa shape index (κ1) is 16.2. The van der Waals surface area contributed by atoms with E-state index in [2.05, 4.69) is 8.58 Å². The summed E-state index contributed by atoms with van der Waals surface area (Å²) in [7, 11) is 0. The molecule has 0 saturated heterocycles. The fourth-order valence-corrected chi connectivity index (χ4v) is 1.38. The summed E-state index contributed by atoms with van der Waals surface area (Å²) in [5.41, 5.74) is 0. The van der Waals surface area contributed by atoms with E-state index in [1.54, 1.807) is 0 Å². The Balaban J connectivity index is 5.35. The van der Waals surface area contributed by atoms with Gasteiger partial charge in [-0.05, 0) is 0 Å². The standard InChI is InChI=1S/C6Cl6O4/c7-1(3(9)5(13)15-11)2(8)4(10)6(14)16-12/b3-1-,4-2+. The molecular formula is C6Cl6O4. The summed E-state index contributed by atoms with van der Waals surface area (Å²) in [4.78, 5) is 21.6. The second kappa shape index (κ2) is 7.48. The Hall–Kier alpha value is 0.160. The van der Waals surface area contributed by atoms with E-state index in [1.807, 2.05) is 0 Å². The highest BCUT2D eigenvalue weighted by atomic mass is 35.5. The lowest BCUT2D eigenvalue weighted by molar-refractivity contribution is -0.130. The number of carbonyl (C=O) groups is 2. The van der Waals surface area contributed by atoms with Gasteiger partial charge in [0.05, 0.1) is 10.1 Å². The molecule has 0 rings (SSSR count). The van der Waals surface area contributed by atoms with Crippen LogP contribution in [0.1, 0.15) is 0 Å². The molecule has 0 aromatic heterocycles. The predicted octanol–water partition coefficient (Wildman–Crippen LogP) is 3.76. The molecular weight excluding hydrogens is 349 g/mol. The molecule has 4 nitrogen and oxygen atoms in total. The van der Waals surface area contributed by atoms with E-state index >= 15 is 0 Å². The Morgan fingerprint density at radius 3 is 1.06 bits per heavy atom. The van der Waals surface area contributed by atoms with Crippen LogP contribution in [0.15, 0.2) is 20.1 Å². The molecule has 0 saturated carbocycles. The molecule has 0 aliphatic rings. The molecule has 0 heterocycles. The fourth-order valence-electron chi connectivity index (χ4n) is 0.440. The highest BCUT2D eigenvalue weighted by molar-refractivity contribution is 6.56. The minimum absolute atomic E-state index is 0.541. The molecule has 0 spiro atoms. The average Bonchev–Trinajstić information content (AvgIpc) is 2.32. The maximum Gasteiger partial charge on any atom is 0.369 e. The Morgan fingerprint density at radius 2 is 0.875 bits per heavy atom. The van der Waals surface area contributed by atoms with Crippen LogP contribution in [0.4, 0.5) is 0 Å². The lowest BCUT2D eigenvalue weighted by atomic mass is 10.4. The van der Waals surface area contributed by atoms with Gasteiger partial charge >= 0.3 is 11.9 Å². The largest absolute Gasteiger partial charge is 0.369 e. The second-order valence-electron chi connectivity index (χ2n) is 1.99. The first-order valence-electron chi connectivity index (χ1n) is 3.13. The van der Waals surface area contributed by atoms with Crippen LogP contribution in [0.3, 0.4) is 0 Å². The van der Waals surface area contributed by atoms with E-state index in [-0.39, 0.29) is 0 Å². The van der Waals surface area contributed by atoms with E-state index in [1.165, 1.54) is 0 Å². The fraction of sp³-hybridized carbons (Fsp3) is 0. The zero-order valence-corrected chi connectivity index (χ0v) is 11.4. The summed E-state index contributed by atoms with van der Waals surface area (Å²) in [6.07, 6.45) is 0. The molecule has 0 radical (unpaired) electrons. The Labute approximate surface area is 120 Å². The molecule has 0 aromatic carbocycles. The van der Waals surface area contributed by atoms with Crippen LogP contribution in [0.25, 0.3) is 0 Å². The van der Waals surface area contributed by atoms with E-state index in [4.69, 9.17) is 70.1 Å². The molecule has 0 aliphatic heterocycles. The van der Waals surface area contributed by atoms with Crippen molar-refractivity contribution in [3.63, 3.8) is 0 Å². The smallest absolute Gasteiger partial charge is 0.342 e. The van der Waals surface area contributed by atoms with Gasteiger partial charge in [-0.15, -0.1) is 0 Å². The van der Waals surface area contributed by atoms with E-state index in [0.29, 0.717) is 0 Å². The molecule has 16 heavy (non-hydrogen) atoms. The summed E-state index contributed by atoms with van der Waals surface area (Å²) < 4.78 is 7.48. The molecule has 0 aromatic rings. The van der Waals surface area contributed by atoms with Gasteiger partial charge in [0.2, 0.25) is 0 Å². The highest BCUT2D eigenvalue weighted by Crippen LogP contribution is 2.31. The maximum atomic E-state index is 10.8.